The number of fused-ring (bicyclic) bond motifs is 3. The van der Waals surface area contributed by atoms with Gasteiger partial charge in [0.25, 0.3) is 0 Å². The molecule has 3 nitrogen and oxygen atoms in total. The molecule has 1 heterocycles. The number of nitrogens with two attached hydrogens (primary N) is 1. The van der Waals surface area contributed by atoms with E-state index >= 15 is 0 Å². The summed E-state index contributed by atoms with van der Waals surface area (Å²) in [6, 6.07) is 69.1. The van der Waals surface area contributed by atoms with Crippen molar-refractivity contribution in [1.29, 1.82) is 5.41 Å². The summed E-state index contributed by atoms with van der Waals surface area (Å²) in [6.07, 6.45) is 0. The highest BCUT2D eigenvalue weighted by Crippen LogP contribution is 2.39. The molecule has 0 unspecified atom stereocenters. The number of hydrogen-bond donors (Lipinski definition) is 2. The zero-order chi connectivity index (χ0) is 37.6. The third-order valence-corrected chi connectivity index (χ3v) is 10.9. The Bertz CT molecular complexity index is 2770. The number of nitrogens with zero attached hydrogens (tertiary/aromatic N) is 1. The van der Waals surface area contributed by atoms with E-state index in [0.29, 0.717) is 5.84 Å². The first-order chi connectivity index (χ1) is 27.0. The van der Waals surface area contributed by atoms with Gasteiger partial charge in [-0.1, -0.05) is 176 Å². The minimum Gasteiger partial charge on any atom is -0.383 e. The molecule has 0 saturated heterocycles. The molecule has 0 amide bonds. The minimum atomic E-state index is 0.157. The Morgan fingerprint density at radius 2 is 0.945 bits per heavy atom. The second-order valence-electron chi connectivity index (χ2n) is 13.4. The van der Waals surface area contributed by atoms with E-state index in [1.807, 2.05) is 96.3 Å². The van der Waals surface area contributed by atoms with Gasteiger partial charge in [0, 0.05) is 31.3 Å². The van der Waals surface area contributed by atoms with Crippen LogP contribution in [0.4, 0.5) is 0 Å². The van der Waals surface area contributed by atoms with Gasteiger partial charge in [0.05, 0.1) is 0 Å². The Morgan fingerprint density at radius 3 is 1.64 bits per heavy atom. The van der Waals surface area contributed by atoms with Crippen molar-refractivity contribution in [2.45, 2.75) is 6.92 Å². The van der Waals surface area contributed by atoms with Crippen LogP contribution >= 0.6 is 11.3 Å². The van der Waals surface area contributed by atoms with Crippen molar-refractivity contribution in [2.24, 2.45) is 10.7 Å². The lowest BCUT2D eigenvalue weighted by molar-refractivity contribution is 1.40. The van der Waals surface area contributed by atoms with Gasteiger partial charge in [0.2, 0.25) is 0 Å². The van der Waals surface area contributed by atoms with Crippen LogP contribution in [0.5, 0.6) is 0 Å². The maximum absolute atomic E-state index is 8.20. The zero-order valence-corrected chi connectivity index (χ0v) is 31.3. The molecule has 3 N–H and O–H groups in total. The van der Waals surface area contributed by atoms with E-state index in [2.05, 4.69) is 127 Å². The molecule has 0 aliphatic carbocycles. The quantitative estimate of drug-likeness (QED) is 0.130. The molecule has 0 aliphatic heterocycles. The minimum absolute atomic E-state index is 0.157. The van der Waals surface area contributed by atoms with E-state index in [1.165, 1.54) is 59.1 Å². The molecule has 0 bridgehead atoms. The molecular formula is C51H39N3S. The smallest absolute Gasteiger partial charge is 0.154 e. The van der Waals surface area contributed by atoms with Gasteiger partial charge >= 0.3 is 0 Å². The monoisotopic (exact) mass is 725 g/mol. The second-order valence-corrected chi connectivity index (χ2v) is 14.5. The van der Waals surface area contributed by atoms with Crippen molar-refractivity contribution in [2.75, 3.05) is 0 Å². The van der Waals surface area contributed by atoms with Gasteiger partial charge in [-0.3, -0.25) is 5.41 Å². The highest BCUT2D eigenvalue weighted by molar-refractivity contribution is 7.25. The van der Waals surface area contributed by atoms with E-state index in [-0.39, 0.29) is 5.84 Å². The maximum Gasteiger partial charge on any atom is 0.154 e. The first-order valence-corrected chi connectivity index (χ1v) is 19.1. The molecular weight excluding hydrogens is 687 g/mol. The van der Waals surface area contributed by atoms with Gasteiger partial charge in [-0.2, -0.15) is 0 Å². The van der Waals surface area contributed by atoms with Crippen LogP contribution in [0.1, 0.15) is 16.7 Å². The van der Waals surface area contributed by atoms with Crippen molar-refractivity contribution in [3.8, 4) is 44.5 Å². The number of thiophene rings is 1. The first kappa shape index (κ1) is 35.2. The number of rotatable bonds is 6. The highest BCUT2D eigenvalue weighted by atomic mass is 32.1. The molecule has 55 heavy (non-hydrogen) atoms. The Kier molecular flexibility index (Phi) is 10.2. The van der Waals surface area contributed by atoms with Crippen LogP contribution in [0.25, 0.3) is 64.7 Å². The number of nitrogens with one attached hydrogen (secondary N) is 1. The number of aliphatic imine (C=N–C) groups is 1. The number of benzene rings is 8. The number of hydrogen-bond acceptors (Lipinski definition) is 2. The van der Waals surface area contributed by atoms with Crippen LogP contribution in [-0.2, 0) is 0 Å². The van der Waals surface area contributed by atoms with Crippen molar-refractivity contribution < 1.29 is 0 Å². The topological polar surface area (TPSA) is 62.2 Å². The maximum atomic E-state index is 8.20. The van der Waals surface area contributed by atoms with Crippen LogP contribution in [0.3, 0.4) is 0 Å². The third-order valence-electron chi connectivity index (χ3n) is 9.79. The van der Waals surface area contributed by atoms with Crippen molar-refractivity contribution in [1.82, 2.24) is 0 Å². The zero-order valence-electron chi connectivity index (χ0n) is 30.5. The van der Waals surface area contributed by atoms with Gasteiger partial charge < -0.3 is 5.73 Å². The van der Waals surface area contributed by atoms with Crippen LogP contribution in [0.15, 0.2) is 205 Å². The normalized spacial score (nSPS) is 11.3. The van der Waals surface area contributed by atoms with Gasteiger partial charge in [-0.15, -0.1) is 11.3 Å². The predicted molar refractivity (Wildman–Crippen MR) is 236 cm³/mol. The molecule has 0 aliphatic rings. The SMILES string of the molecule is Cc1cccc2sc3ccc(-c4ccc(-c5ccccc5-c5ccccc5)cc4)cc3c12.N=C(N=C(N)c1ccccc1)c1cccc(-c2ccccc2)c1. The molecule has 0 fully saturated rings. The van der Waals surface area contributed by atoms with Crippen molar-refractivity contribution in [3.63, 3.8) is 0 Å². The van der Waals surface area contributed by atoms with Gasteiger partial charge in [0.15, 0.2) is 5.84 Å². The van der Waals surface area contributed by atoms with Gasteiger partial charge in [0.1, 0.15) is 5.84 Å². The van der Waals surface area contributed by atoms with E-state index in [4.69, 9.17) is 11.1 Å². The highest BCUT2D eigenvalue weighted by Gasteiger charge is 2.11. The molecule has 1 aromatic heterocycles. The van der Waals surface area contributed by atoms with E-state index in [9.17, 15) is 0 Å². The summed E-state index contributed by atoms with van der Waals surface area (Å²) < 4.78 is 2.72. The summed E-state index contributed by atoms with van der Waals surface area (Å²) in [5, 5.41) is 11.0. The summed E-state index contributed by atoms with van der Waals surface area (Å²) in [5.41, 5.74) is 18.6. The van der Waals surface area contributed by atoms with Crippen LogP contribution in [0, 0.1) is 12.3 Å². The summed E-state index contributed by atoms with van der Waals surface area (Å²) in [6.45, 7) is 2.21. The summed E-state index contributed by atoms with van der Waals surface area (Å²) >= 11 is 1.88. The number of amidine groups is 2. The molecule has 0 spiro atoms. The van der Waals surface area contributed by atoms with Gasteiger partial charge in [-0.25, -0.2) is 4.99 Å². The van der Waals surface area contributed by atoms with Crippen molar-refractivity contribution >= 4 is 43.2 Å². The molecule has 4 heteroatoms. The van der Waals surface area contributed by atoms with E-state index < -0.39 is 0 Å². The molecule has 0 radical (unpaired) electrons. The number of aryl methyl sites for hydroxylation is 1. The fourth-order valence-corrected chi connectivity index (χ4v) is 8.13. The molecule has 264 valence electrons. The molecule has 8 aromatic carbocycles. The lowest BCUT2D eigenvalue weighted by atomic mass is 9.93. The van der Waals surface area contributed by atoms with Crippen molar-refractivity contribution in [3.05, 3.63) is 217 Å². The largest absolute Gasteiger partial charge is 0.383 e. The lowest BCUT2D eigenvalue weighted by Gasteiger charge is -2.11. The fraction of sp³-hybridized carbons (Fsp3) is 0.0196. The summed E-state index contributed by atoms with van der Waals surface area (Å²) in [5.74, 6) is 0.504. The standard InChI is InChI=1S/C31H22S.C20H17N3/c1-21-8-7-13-30-31(21)28-20-25(18-19-29(28)32-30)22-14-16-24(17-15-22)27-12-6-5-11-26(27)23-9-3-2-4-10-23;21-19(16-10-5-2-6-11-16)23-20(22)18-13-7-12-17(14-18)15-8-3-1-4-9-15/h2-20H,1H3;1-14H,(H3,21,22,23). The van der Waals surface area contributed by atoms with E-state index in [0.717, 1.165) is 22.3 Å². The first-order valence-electron chi connectivity index (χ1n) is 18.3. The Balaban J connectivity index is 0.000000165. The second kappa shape index (κ2) is 16.0. The third kappa shape index (κ3) is 7.77. The predicted octanol–water partition coefficient (Wildman–Crippen LogP) is 13.4. The molecule has 9 aromatic rings. The Labute approximate surface area is 326 Å². The lowest BCUT2D eigenvalue weighted by Crippen LogP contribution is -2.15. The fourth-order valence-electron chi connectivity index (χ4n) is 6.97. The van der Waals surface area contributed by atoms with Crippen LogP contribution in [0.2, 0.25) is 0 Å². The average molecular weight is 726 g/mol. The molecule has 9 rings (SSSR count). The van der Waals surface area contributed by atoms with E-state index in [1.54, 1.807) is 0 Å². The average Bonchev–Trinajstić information content (AvgIpc) is 3.64. The Morgan fingerprint density at radius 1 is 0.455 bits per heavy atom. The molecule has 0 atom stereocenters. The van der Waals surface area contributed by atoms with Crippen LogP contribution in [-0.4, -0.2) is 11.7 Å². The summed E-state index contributed by atoms with van der Waals surface area (Å²) in [4.78, 5) is 4.23. The molecule has 0 saturated carbocycles. The van der Waals surface area contributed by atoms with Gasteiger partial charge in [-0.05, 0) is 81.3 Å². The van der Waals surface area contributed by atoms with Crippen LogP contribution < -0.4 is 5.73 Å². The summed E-state index contributed by atoms with van der Waals surface area (Å²) in [7, 11) is 0. The Hall–Kier alpha value is -6.88.